The molecular weight excluding hydrogens is 392 g/mol. The fraction of sp³-hybridized carbons (Fsp3) is 0.316. The lowest BCUT2D eigenvalue weighted by Gasteiger charge is -2.29. The number of anilines is 3. The van der Waals surface area contributed by atoms with Gasteiger partial charge < -0.3 is 20.7 Å². The number of benzene rings is 2. The molecule has 1 amide bonds. The molecule has 0 unspecified atom stereocenters. The van der Waals surface area contributed by atoms with E-state index in [1.807, 2.05) is 29.2 Å². The summed E-state index contributed by atoms with van der Waals surface area (Å²) in [7, 11) is 0. The molecule has 1 aliphatic rings. The first-order valence-corrected chi connectivity index (χ1v) is 8.38. The molecule has 0 radical (unpaired) electrons. The van der Waals surface area contributed by atoms with E-state index in [9.17, 15) is 9.18 Å². The van der Waals surface area contributed by atoms with E-state index >= 15 is 0 Å². The Kier molecular flexibility index (Phi) is 9.35. The third-order valence-electron chi connectivity index (χ3n) is 4.22. The van der Waals surface area contributed by atoms with E-state index in [-0.39, 0.29) is 43.0 Å². The number of ether oxygens (including phenoxy) is 1. The Morgan fingerprint density at radius 3 is 2.56 bits per heavy atom. The van der Waals surface area contributed by atoms with Crippen molar-refractivity contribution in [1.82, 2.24) is 0 Å². The van der Waals surface area contributed by atoms with Crippen LogP contribution in [0.1, 0.15) is 12.0 Å². The Balaban J connectivity index is 0.00000182. The number of aryl methyl sites for hydroxylation is 1. The van der Waals surface area contributed by atoms with Gasteiger partial charge in [-0.05, 0) is 36.2 Å². The van der Waals surface area contributed by atoms with E-state index in [2.05, 4.69) is 5.32 Å². The van der Waals surface area contributed by atoms with Crippen molar-refractivity contribution in [3.8, 4) is 0 Å². The van der Waals surface area contributed by atoms with Crippen molar-refractivity contribution in [3.05, 3.63) is 53.8 Å². The molecule has 1 fully saturated rings. The molecule has 3 N–H and O–H groups in total. The van der Waals surface area contributed by atoms with Crippen LogP contribution in [0.15, 0.2) is 42.5 Å². The molecule has 0 spiro atoms. The monoisotopic (exact) mass is 415 g/mol. The van der Waals surface area contributed by atoms with E-state index in [4.69, 9.17) is 10.5 Å². The summed E-state index contributed by atoms with van der Waals surface area (Å²) in [5.41, 5.74) is 8.72. The molecule has 1 saturated heterocycles. The largest absolute Gasteiger partial charge is 0.399 e. The Hall–Kier alpha value is -2.02. The van der Waals surface area contributed by atoms with E-state index < -0.39 is 0 Å². The van der Waals surface area contributed by atoms with Crippen molar-refractivity contribution in [1.29, 1.82) is 0 Å². The van der Waals surface area contributed by atoms with Crippen molar-refractivity contribution in [2.45, 2.75) is 12.8 Å². The van der Waals surface area contributed by atoms with Crippen molar-refractivity contribution < 1.29 is 13.9 Å². The van der Waals surface area contributed by atoms with Gasteiger partial charge >= 0.3 is 0 Å². The topological polar surface area (TPSA) is 67.6 Å². The summed E-state index contributed by atoms with van der Waals surface area (Å²) in [5.74, 6) is -0.534. The smallest absolute Gasteiger partial charge is 0.224 e. The number of halogens is 3. The molecule has 27 heavy (non-hydrogen) atoms. The van der Waals surface area contributed by atoms with Crippen LogP contribution in [0.4, 0.5) is 21.5 Å². The van der Waals surface area contributed by atoms with Gasteiger partial charge in [0.1, 0.15) is 5.82 Å². The Bertz CT molecular complexity index is 755. The third-order valence-corrected chi connectivity index (χ3v) is 4.22. The molecule has 5 nitrogen and oxygen atoms in total. The second kappa shape index (κ2) is 11.0. The fourth-order valence-corrected chi connectivity index (χ4v) is 2.88. The lowest BCUT2D eigenvalue weighted by Crippen LogP contribution is -2.36. The van der Waals surface area contributed by atoms with Gasteiger partial charge in [-0.25, -0.2) is 4.39 Å². The van der Waals surface area contributed by atoms with Crippen LogP contribution in [-0.2, 0) is 16.0 Å². The SMILES string of the molecule is Cl.Cl.Nc1ccccc1CCC(=O)Nc1cc(F)cc(N2CCOCC2)c1. The highest BCUT2D eigenvalue weighted by Gasteiger charge is 2.14. The average Bonchev–Trinajstić information content (AvgIpc) is 2.61. The molecule has 8 heteroatoms. The summed E-state index contributed by atoms with van der Waals surface area (Å²) >= 11 is 0. The number of amides is 1. The highest BCUT2D eigenvalue weighted by Crippen LogP contribution is 2.23. The maximum Gasteiger partial charge on any atom is 0.224 e. The summed E-state index contributed by atoms with van der Waals surface area (Å²) < 4.78 is 19.2. The van der Waals surface area contributed by atoms with Crippen LogP contribution in [0.3, 0.4) is 0 Å². The second-order valence-corrected chi connectivity index (χ2v) is 6.04. The minimum absolute atomic E-state index is 0. The molecule has 1 aliphatic heterocycles. The van der Waals surface area contributed by atoms with Crippen LogP contribution in [0.25, 0.3) is 0 Å². The first-order valence-electron chi connectivity index (χ1n) is 8.38. The minimum Gasteiger partial charge on any atom is -0.399 e. The van der Waals surface area contributed by atoms with Crippen molar-refractivity contribution in [3.63, 3.8) is 0 Å². The molecule has 3 rings (SSSR count). The van der Waals surface area contributed by atoms with Gasteiger partial charge in [0.25, 0.3) is 0 Å². The summed E-state index contributed by atoms with van der Waals surface area (Å²) in [5, 5.41) is 2.77. The maximum atomic E-state index is 13.9. The molecule has 0 atom stereocenters. The predicted molar refractivity (Wildman–Crippen MR) is 112 cm³/mol. The number of hydrogen-bond acceptors (Lipinski definition) is 4. The lowest BCUT2D eigenvalue weighted by molar-refractivity contribution is -0.116. The number of nitrogens with one attached hydrogen (secondary N) is 1. The van der Waals surface area contributed by atoms with E-state index in [1.165, 1.54) is 12.1 Å². The number of para-hydroxylation sites is 1. The molecule has 0 saturated carbocycles. The summed E-state index contributed by atoms with van der Waals surface area (Å²) in [6, 6.07) is 12.1. The molecular formula is C19H24Cl2FN3O2. The maximum absolute atomic E-state index is 13.9. The Morgan fingerprint density at radius 2 is 1.85 bits per heavy atom. The molecule has 148 valence electrons. The van der Waals surface area contributed by atoms with Gasteiger partial charge in [0.05, 0.1) is 13.2 Å². The predicted octanol–water partition coefficient (Wildman–Crippen LogP) is 3.66. The van der Waals surface area contributed by atoms with Crippen LogP contribution in [0.2, 0.25) is 0 Å². The molecule has 1 heterocycles. The molecule has 2 aromatic rings. The van der Waals surface area contributed by atoms with Gasteiger partial charge in [0.15, 0.2) is 0 Å². The zero-order valence-electron chi connectivity index (χ0n) is 14.8. The minimum atomic E-state index is -0.369. The number of carbonyl (C=O) groups is 1. The van der Waals surface area contributed by atoms with Crippen molar-refractivity contribution in [2.24, 2.45) is 0 Å². The van der Waals surface area contributed by atoms with Crippen LogP contribution in [0.5, 0.6) is 0 Å². The highest BCUT2D eigenvalue weighted by molar-refractivity contribution is 5.91. The van der Waals surface area contributed by atoms with E-state index in [1.54, 1.807) is 6.07 Å². The van der Waals surface area contributed by atoms with Crippen LogP contribution in [0, 0.1) is 5.82 Å². The van der Waals surface area contributed by atoms with Gasteiger partial charge in [0.2, 0.25) is 5.91 Å². The lowest BCUT2D eigenvalue weighted by atomic mass is 10.1. The number of carbonyl (C=O) groups excluding carboxylic acids is 1. The first kappa shape index (κ1) is 23.0. The Morgan fingerprint density at radius 1 is 1.15 bits per heavy atom. The van der Waals surface area contributed by atoms with Crippen molar-refractivity contribution in [2.75, 3.05) is 42.3 Å². The molecule has 0 bridgehead atoms. The fourth-order valence-electron chi connectivity index (χ4n) is 2.88. The average molecular weight is 416 g/mol. The number of nitrogens with two attached hydrogens (primary N) is 1. The molecule has 2 aromatic carbocycles. The second-order valence-electron chi connectivity index (χ2n) is 6.04. The van der Waals surface area contributed by atoms with Crippen LogP contribution in [-0.4, -0.2) is 32.2 Å². The normalized spacial score (nSPS) is 13.3. The van der Waals surface area contributed by atoms with Crippen molar-refractivity contribution >= 4 is 47.8 Å². The zero-order chi connectivity index (χ0) is 17.6. The van der Waals surface area contributed by atoms with Gasteiger partial charge in [-0.15, -0.1) is 24.8 Å². The van der Waals surface area contributed by atoms with Gasteiger partial charge in [-0.3, -0.25) is 4.79 Å². The zero-order valence-corrected chi connectivity index (χ0v) is 16.5. The summed E-state index contributed by atoms with van der Waals surface area (Å²) in [6.07, 6.45) is 0.835. The summed E-state index contributed by atoms with van der Waals surface area (Å²) in [6.45, 7) is 2.67. The number of nitrogen functional groups attached to an aromatic ring is 1. The molecule has 0 aromatic heterocycles. The standard InChI is InChI=1S/C19H22FN3O2.2ClH/c20-15-11-16(13-17(12-15)23-7-9-25-10-8-23)22-19(24)6-5-14-3-1-2-4-18(14)21;;/h1-4,11-13H,5-10,21H2,(H,22,24);2*1H. The number of hydrogen-bond donors (Lipinski definition) is 2. The van der Waals surface area contributed by atoms with Gasteiger partial charge in [-0.2, -0.15) is 0 Å². The third kappa shape index (κ3) is 6.57. The van der Waals surface area contributed by atoms with Gasteiger partial charge in [-0.1, -0.05) is 18.2 Å². The van der Waals surface area contributed by atoms with Gasteiger partial charge in [0, 0.05) is 36.6 Å². The number of nitrogens with zero attached hydrogens (tertiary/aromatic N) is 1. The quantitative estimate of drug-likeness (QED) is 0.731. The van der Waals surface area contributed by atoms with Crippen LogP contribution < -0.4 is 16.0 Å². The number of morpholine rings is 1. The van der Waals surface area contributed by atoms with E-state index in [0.29, 0.717) is 44.1 Å². The number of rotatable bonds is 5. The molecule has 0 aliphatic carbocycles. The van der Waals surface area contributed by atoms with E-state index in [0.717, 1.165) is 11.3 Å². The first-order chi connectivity index (χ1) is 12.1. The van der Waals surface area contributed by atoms with Crippen LogP contribution >= 0.6 is 24.8 Å². The Labute approximate surface area is 170 Å². The summed E-state index contributed by atoms with van der Waals surface area (Å²) in [4.78, 5) is 14.2. The highest BCUT2D eigenvalue weighted by atomic mass is 35.5.